The average Bonchev–Trinajstić information content (AvgIpc) is 2.47. The van der Waals surface area contributed by atoms with E-state index in [1.165, 1.54) is 27.7 Å². The predicted molar refractivity (Wildman–Crippen MR) is 86.9 cm³/mol. The van der Waals surface area contributed by atoms with E-state index in [0.29, 0.717) is 5.92 Å². The lowest BCUT2D eigenvalue weighted by Gasteiger charge is -2.27. The lowest BCUT2D eigenvalue weighted by Crippen LogP contribution is -2.17. The summed E-state index contributed by atoms with van der Waals surface area (Å²) in [6, 6.07) is 19.2. The maximum atomic E-state index is 6.20. The molecule has 0 aliphatic heterocycles. The van der Waals surface area contributed by atoms with Crippen LogP contribution >= 0.6 is 21.7 Å². The van der Waals surface area contributed by atoms with Crippen LogP contribution in [-0.4, -0.2) is 0 Å². The minimum Gasteiger partial charge on any atom is -0.0622 e. The highest BCUT2D eigenvalue weighted by Crippen LogP contribution is 2.44. The summed E-state index contributed by atoms with van der Waals surface area (Å²) in [6.45, 7) is 6.59. The van der Waals surface area contributed by atoms with E-state index in [1.807, 2.05) is 6.07 Å². The van der Waals surface area contributed by atoms with Crippen LogP contribution < -0.4 is 0 Å². The van der Waals surface area contributed by atoms with Gasteiger partial charge >= 0.3 is 0 Å². The molecule has 0 amide bonds. The molecule has 0 aliphatic carbocycles. The SMILES string of the molecule is CC(C)c1ccc(C(C)(SCl)c2ccccc2)cc1. The van der Waals surface area contributed by atoms with Crippen LogP contribution in [0.5, 0.6) is 0 Å². The van der Waals surface area contributed by atoms with Gasteiger partial charge in [0.2, 0.25) is 0 Å². The number of hydrogen-bond acceptors (Lipinski definition) is 1. The van der Waals surface area contributed by atoms with Gasteiger partial charge in [0.1, 0.15) is 0 Å². The number of rotatable bonds is 4. The first-order valence-electron chi connectivity index (χ1n) is 6.53. The average molecular weight is 291 g/mol. The van der Waals surface area contributed by atoms with E-state index in [4.69, 9.17) is 10.7 Å². The first kappa shape index (κ1) is 14.5. The smallest absolute Gasteiger partial charge is 0.0622 e. The molecular weight excluding hydrogens is 272 g/mol. The molecule has 2 aromatic carbocycles. The van der Waals surface area contributed by atoms with Gasteiger partial charge < -0.3 is 0 Å². The Morgan fingerprint density at radius 3 is 1.89 bits per heavy atom. The third kappa shape index (κ3) is 2.98. The maximum Gasteiger partial charge on any atom is 0.0780 e. The van der Waals surface area contributed by atoms with Crippen LogP contribution in [0.4, 0.5) is 0 Å². The summed E-state index contributed by atoms with van der Waals surface area (Å²) in [5.74, 6) is 0.556. The number of hydrogen-bond donors (Lipinski definition) is 0. The van der Waals surface area contributed by atoms with Crippen molar-refractivity contribution >= 4 is 21.7 Å². The standard InChI is InChI=1S/C17H19ClS/c1-13(2)14-9-11-16(12-10-14)17(3,19-18)15-7-5-4-6-8-15/h4-13H,1-3H3. The molecule has 0 aliphatic rings. The Labute approximate surface area is 124 Å². The zero-order valence-electron chi connectivity index (χ0n) is 11.6. The van der Waals surface area contributed by atoms with E-state index in [1.54, 1.807) is 0 Å². The topological polar surface area (TPSA) is 0 Å². The summed E-state index contributed by atoms with van der Waals surface area (Å²) in [5.41, 5.74) is 3.83. The first-order valence-corrected chi connectivity index (χ1v) is 8.18. The summed E-state index contributed by atoms with van der Waals surface area (Å²) in [6.07, 6.45) is 0. The fourth-order valence-corrected chi connectivity index (χ4v) is 3.18. The molecule has 0 spiro atoms. The molecule has 1 unspecified atom stereocenters. The Morgan fingerprint density at radius 2 is 1.42 bits per heavy atom. The van der Waals surface area contributed by atoms with Crippen LogP contribution in [0, 0.1) is 0 Å². The van der Waals surface area contributed by atoms with Crippen molar-refractivity contribution in [1.29, 1.82) is 0 Å². The van der Waals surface area contributed by atoms with Crippen molar-refractivity contribution < 1.29 is 0 Å². The first-order chi connectivity index (χ1) is 9.08. The maximum absolute atomic E-state index is 6.20. The molecule has 0 nitrogen and oxygen atoms in total. The Morgan fingerprint density at radius 1 is 0.895 bits per heavy atom. The van der Waals surface area contributed by atoms with Gasteiger partial charge in [-0.1, -0.05) is 68.4 Å². The molecule has 2 rings (SSSR count). The van der Waals surface area contributed by atoms with Gasteiger partial charge in [0.05, 0.1) is 4.75 Å². The highest BCUT2D eigenvalue weighted by molar-refractivity contribution is 8.21. The van der Waals surface area contributed by atoms with E-state index in [0.717, 1.165) is 0 Å². The Bertz CT molecular complexity index is 519. The molecule has 100 valence electrons. The van der Waals surface area contributed by atoms with Crippen LogP contribution in [0.2, 0.25) is 0 Å². The third-order valence-corrected chi connectivity index (χ3v) is 5.31. The molecule has 0 heterocycles. The fraction of sp³-hybridized carbons (Fsp3) is 0.294. The van der Waals surface area contributed by atoms with Gasteiger partial charge in [0, 0.05) is 0 Å². The van der Waals surface area contributed by atoms with Gasteiger partial charge in [-0.2, -0.15) is 0 Å². The summed E-state index contributed by atoms with van der Waals surface area (Å²) in [4.78, 5) is 0. The molecule has 2 heteroatoms. The van der Waals surface area contributed by atoms with Crippen molar-refractivity contribution in [3.05, 3.63) is 71.3 Å². The van der Waals surface area contributed by atoms with E-state index < -0.39 is 0 Å². The van der Waals surface area contributed by atoms with Gasteiger partial charge in [-0.05, 0) is 51.2 Å². The number of halogens is 1. The van der Waals surface area contributed by atoms with Crippen LogP contribution in [0.3, 0.4) is 0 Å². The van der Waals surface area contributed by atoms with E-state index in [9.17, 15) is 0 Å². The highest BCUT2D eigenvalue weighted by atomic mass is 35.7. The van der Waals surface area contributed by atoms with E-state index in [-0.39, 0.29) is 4.75 Å². The minimum atomic E-state index is -0.210. The Hall–Kier alpha value is -0.920. The van der Waals surface area contributed by atoms with Crippen LogP contribution in [-0.2, 0) is 4.75 Å². The molecule has 0 bridgehead atoms. The van der Waals surface area contributed by atoms with Gasteiger partial charge in [-0.25, -0.2) is 0 Å². The van der Waals surface area contributed by atoms with E-state index >= 15 is 0 Å². The zero-order valence-corrected chi connectivity index (χ0v) is 13.1. The normalized spacial score (nSPS) is 14.4. The van der Waals surface area contributed by atoms with Crippen molar-refractivity contribution in [2.75, 3.05) is 0 Å². The second-order valence-electron chi connectivity index (χ2n) is 5.25. The monoisotopic (exact) mass is 290 g/mol. The fourth-order valence-electron chi connectivity index (χ4n) is 2.20. The second-order valence-corrected chi connectivity index (χ2v) is 6.69. The molecule has 0 saturated carbocycles. The zero-order chi connectivity index (χ0) is 13.9. The van der Waals surface area contributed by atoms with Crippen LogP contribution in [0.15, 0.2) is 54.6 Å². The third-order valence-electron chi connectivity index (χ3n) is 3.61. The predicted octanol–water partition coefficient (Wildman–Crippen LogP) is 5.96. The van der Waals surface area contributed by atoms with Gasteiger partial charge in [0.15, 0.2) is 0 Å². The molecule has 19 heavy (non-hydrogen) atoms. The highest BCUT2D eigenvalue weighted by Gasteiger charge is 2.29. The second kappa shape index (κ2) is 6.02. The lowest BCUT2D eigenvalue weighted by molar-refractivity contribution is 0.832. The van der Waals surface area contributed by atoms with Crippen molar-refractivity contribution in [2.45, 2.75) is 31.4 Å². The van der Waals surface area contributed by atoms with Crippen LogP contribution in [0.25, 0.3) is 0 Å². The van der Waals surface area contributed by atoms with Crippen molar-refractivity contribution in [3.63, 3.8) is 0 Å². The summed E-state index contributed by atoms with van der Waals surface area (Å²) in [7, 11) is 7.56. The van der Waals surface area contributed by atoms with E-state index in [2.05, 4.69) is 69.3 Å². The minimum absolute atomic E-state index is 0.210. The molecule has 0 aromatic heterocycles. The summed E-state index contributed by atoms with van der Waals surface area (Å²) < 4.78 is -0.210. The van der Waals surface area contributed by atoms with Crippen molar-refractivity contribution in [2.24, 2.45) is 0 Å². The van der Waals surface area contributed by atoms with Gasteiger partial charge in [-0.15, -0.1) is 0 Å². The molecule has 2 aromatic rings. The van der Waals surface area contributed by atoms with Gasteiger partial charge in [0.25, 0.3) is 0 Å². The Kier molecular flexibility index (Phi) is 4.59. The molecule has 0 radical (unpaired) electrons. The molecule has 0 saturated heterocycles. The Balaban J connectivity index is 2.41. The largest absolute Gasteiger partial charge is 0.0780 e. The quantitative estimate of drug-likeness (QED) is 0.669. The van der Waals surface area contributed by atoms with Crippen LogP contribution in [0.1, 0.15) is 43.4 Å². The lowest BCUT2D eigenvalue weighted by atomic mass is 9.90. The summed E-state index contributed by atoms with van der Waals surface area (Å²) >= 11 is 0. The molecule has 0 N–H and O–H groups in total. The number of benzene rings is 2. The molecule has 1 atom stereocenters. The van der Waals surface area contributed by atoms with Crippen molar-refractivity contribution in [3.8, 4) is 0 Å². The molecular formula is C17H19ClS. The van der Waals surface area contributed by atoms with Gasteiger partial charge in [-0.3, -0.25) is 0 Å². The molecule has 0 fully saturated rings. The summed E-state index contributed by atoms with van der Waals surface area (Å²) in [5, 5.41) is 0. The van der Waals surface area contributed by atoms with Crippen molar-refractivity contribution in [1.82, 2.24) is 0 Å².